The van der Waals surface area contributed by atoms with E-state index >= 15 is 0 Å². The zero-order valence-electron chi connectivity index (χ0n) is 8.26. The number of benzene rings is 1. The molecule has 0 bridgehead atoms. The smallest absolute Gasteiger partial charge is 0.0272 e. The first-order chi connectivity index (χ1) is 6.61. The second-order valence-electron chi connectivity index (χ2n) is 3.16. The van der Waals surface area contributed by atoms with Crippen LogP contribution in [0.2, 0.25) is 0 Å². The monoisotopic (exact) mass is 251 g/mol. The Labute approximate surface area is 93.4 Å². The van der Waals surface area contributed by atoms with Crippen molar-refractivity contribution in [3.63, 3.8) is 0 Å². The molecule has 0 aliphatic rings. The second kappa shape index (κ2) is 4.58. The molecule has 2 N–H and O–H groups in total. The molecule has 0 aliphatic heterocycles. The Hall–Kier alpha value is -0.860. The first kappa shape index (κ1) is 11.2. The molecule has 0 amide bonds. The summed E-state index contributed by atoms with van der Waals surface area (Å²) in [5.41, 5.74) is 9.07. The van der Waals surface area contributed by atoms with Crippen LogP contribution < -0.4 is 5.73 Å². The van der Waals surface area contributed by atoms with E-state index in [0.29, 0.717) is 0 Å². The van der Waals surface area contributed by atoms with E-state index in [0.717, 1.165) is 21.2 Å². The van der Waals surface area contributed by atoms with Crippen molar-refractivity contribution in [3.05, 3.63) is 46.5 Å². The predicted molar refractivity (Wildman–Crippen MR) is 66.9 cm³/mol. The molecule has 0 heterocycles. The molecule has 1 nitrogen and oxygen atoms in total. The van der Waals surface area contributed by atoms with Gasteiger partial charge in [0.25, 0.3) is 0 Å². The van der Waals surface area contributed by atoms with E-state index in [9.17, 15) is 0 Å². The Morgan fingerprint density at radius 1 is 1.29 bits per heavy atom. The maximum Gasteiger partial charge on any atom is 0.0272 e. The van der Waals surface area contributed by atoms with E-state index in [2.05, 4.69) is 29.1 Å². The van der Waals surface area contributed by atoms with Gasteiger partial charge in [0.2, 0.25) is 0 Å². The lowest BCUT2D eigenvalue weighted by atomic mass is 9.97. The summed E-state index contributed by atoms with van der Waals surface area (Å²) < 4.78 is 1.02. The molecule has 0 saturated heterocycles. The molecule has 74 valence electrons. The van der Waals surface area contributed by atoms with E-state index in [-0.39, 0.29) is 6.04 Å². The standard InChI is InChI=1S/C12H14BrN/c1-4-9-10(5-2)12(13)7-6-11(9)8(3)14/h4-8H,1-2,14H2,3H3. The summed E-state index contributed by atoms with van der Waals surface area (Å²) >= 11 is 3.47. The quantitative estimate of drug-likeness (QED) is 0.870. The van der Waals surface area contributed by atoms with Crippen molar-refractivity contribution in [2.24, 2.45) is 5.73 Å². The van der Waals surface area contributed by atoms with Crippen molar-refractivity contribution in [1.29, 1.82) is 0 Å². The fraction of sp³-hybridized carbons (Fsp3) is 0.167. The molecule has 1 aromatic rings. The van der Waals surface area contributed by atoms with E-state index < -0.39 is 0 Å². The van der Waals surface area contributed by atoms with Crippen LogP contribution in [0, 0.1) is 0 Å². The highest BCUT2D eigenvalue weighted by Gasteiger charge is 2.09. The lowest BCUT2D eigenvalue weighted by Crippen LogP contribution is -2.07. The van der Waals surface area contributed by atoms with Gasteiger partial charge >= 0.3 is 0 Å². The molecule has 2 heteroatoms. The minimum absolute atomic E-state index is 0.00907. The molecule has 1 unspecified atom stereocenters. The van der Waals surface area contributed by atoms with Crippen molar-refractivity contribution < 1.29 is 0 Å². The van der Waals surface area contributed by atoms with Gasteiger partial charge in [0.15, 0.2) is 0 Å². The fourth-order valence-electron chi connectivity index (χ4n) is 1.46. The Morgan fingerprint density at radius 3 is 2.29 bits per heavy atom. The molecular formula is C12H14BrN. The summed E-state index contributed by atoms with van der Waals surface area (Å²) in [7, 11) is 0. The van der Waals surface area contributed by atoms with Crippen LogP contribution in [0.25, 0.3) is 12.2 Å². The molecule has 0 fully saturated rings. The number of rotatable bonds is 3. The van der Waals surface area contributed by atoms with Crippen LogP contribution >= 0.6 is 15.9 Å². The third-order valence-corrected chi connectivity index (χ3v) is 2.86. The van der Waals surface area contributed by atoms with E-state index in [4.69, 9.17) is 5.73 Å². The normalized spacial score (nSPS) is 12.2. The van der Waals surface area contributed by atoms with E-state index in [1.165, 1.54) is 0 Å². The van der Waals surface area contributed by atoms with Gasteiger partial charge in [0, 0.05) is 10.5 Å². The van der Waals surface area contributed by atoms with Gasteiger partial charge in [-0.1, -0.05) is 47.3 Å². The topological polar surface area (TPSA) is 26.0 Å². The van der Waals surface area contributed by atoms with Crippen LogP contribution in [0.1, 0.15) is 29.7 Å². The van der Waals surface area contributed by atoms with Gasteiger partial charge in [-0.25, -0.2) is 0 Å². The van der Waals surface area contributed by atoms with Crippen molar-refractivity contribution >= 4 is 28.1 Å². The summed E-state index contributed by atoms with van der Waals surface area (Å²) in [5.74, 6) is 0. The Kier molecular flexibility index (Phi) is 3.67. The number of hydrogen-bond acceptors (Lipinski definition) is 1. The van der Waals surface area contributed by atoms with Crippen LogP contribution in [-0.2, 0) is 0 Å². The molecule has 0 radical (unpaired) electrons. The highest BCUT2D eigenvalue weighted by Crippen LogP contribution is 2.28. The van der Waals surface area contributed by atoms with E-state index in [1.807, 2.05) is 31.2 Å². The van der Waals surface area contributed by atoms with Gasteiger partial charge in [-0.2, -0.15) is 0 Å². The van der Waals surface area contributed by atoms with Gasteiger partial charge in [-0.05, 0) is 29.7 Å². The molecule has 1 rings (SSSR count). The molecular weight excluding hydrogens is 238 g/mol. The first-order valence-corrected chi connectivity index (χ1v) is 5.24. The molecule has 1 aromatic carbocycles. The average molecular weight is 252 g/mol. The molecule has 0 saturated carbocycles. The van der Waals surface area contributed by atoms with Gasteiger partial charge in [0.1, 0.15) is 0 Å². The zero-order chi connectivity index (χ0) is 10.7. The Bertz CT molecular complexity index is 367. The SMILES string of the molecule is C=Cc1c(Br)ccc(C(C)N)c1C=C. The lowest BCUT2D eigenvalue weighted by Gasteiger charge is -2.13. The number of hydrogen-bond donors (Lipinski definition) is 1. The van der Waals surface area contributed by atoms with Crippen LogP contribution in [0.4, 0.5) is 0 Å². The van der Waals surface area contributed by atoms with Gasteiger partial charge in [0.05, 0.1) is 0 Å². The minimum atomic E-state index is 0.00907. The van der Waals surface area contributed by atoms with Crippen LogP contribution in [0.3, 0.4) is 0 Å². The fourth-order valence-corrected chi connectivity index (χ4v) is 1.97. The molecule has 0 aliphatic carbocycles. The maximum atomic E-state index is 5.87. The third-order valence-electron chi connectivity index (χ3n) is 2.17. The summed E-state index contributed by atoms with van der Waals surface area (Å²) in [6.45, 7) is 9.54. The molecule has 0 spiro atoms. The molecule has 0 aromatic heterocycles. The van der Waals surface area contributed by atoms with Crippen molar-refractivity contribution in [2.75, 3.05) is 0 Å². The summed E-state index contributed by atoms with van der Waals surface area (Å²) in [6, 6.07) is 4.01. The van der Waals surface area contributed by atoms with Crippen LogP contribution in [0.5, 0.6) is 0 Å². The summed E-state index contributed by atoms with van der Waals surface area (Å²) in [6.07, 6.45) is 3.63. The number of nitrogens with two attached hydrogens (primary N) is 1. The van der Waals surface area contributed by atoms with Crippen LogP contribution in [0.15, 0.2) is 29.8 Å². The van der Waals surface area contributed by atoms with Gasteiger partial charge in [-0.3, -0.25) is 0 Å². The number of halogens is 1. The zero-order valence-corrected chi connectivity index (χ0v) is 9.84. The van der Waals surface area contributed by atoms with E-state index in [1.54, 1.807) is 0 Å². The highest BCUT2D eigenvalue weighted by atomic mass is 79.9. The highest BCUT2D eigenvalue weighted by molar-refractivity contribution is 9.10. The van der Waals surface area contributed by atoms with Crippen molar-refractivity contribution in [1.82, 2.24) is 0 Å². The van der Waals surface area contributed by atoms with Gasteiger partial charge < -0.3 is 5.73 Å². The Morgan fingerprint density at radius 2 is 1.86 bits per heavy atom. The third kappa shape index (κ3) is 1.97. The minimum Gasteiger partial charge on any atom is -0.324 e. The molecule has 1 atom stereocenters. The Balaban J connectivity index is 3.48. The second-order valence-corrected chi connectivity index (χ2v) is 4.02. The summed E-state index contributed by atoms with van der Waals surface area (Å²) in [5, 5.41) is 0. The molecule has 14 heavy (non-hydrogen) atoms. The maximum absolute atomic E-state index is 5.87. The summed E-state index contributed by atoms with van der Waals surface area (Å²) in [4.78, 5) is 0. The van der Waals surface area contributed by atoms with Gasteiger partial charge in [-0.15, -0.1) is 0 Å². The first-order valence-electron chi connectivity index (χ1n) is 4.44. The largest absolute Gasteiger partial charge is 0.324 e. The average Bonchev–Trinajstić information content (AvgIpc) is 2.16. The van der Waals surface area contributed by atoms with Crippen molar-refractivity contribution in [2.45, 2.75) is 13.0 Å². The van der Waals surface area contributed by atoms with Crippen LogP contribution in [-0.4, -0.2) is 0 Å². The predicted octanol–water partition coefficient (Wildman–Crippen LogP) is 3.75. The lowest BCUT2D eigenvalue weighted by molar-refractivity contribution is 0.815. The van der Waals surface area contributed by atoms with Crippen molar-refractivity contribution in [3.8, 4) is 0 Å².